The van der Waals surface area contributed by atoms with E-state index in [9.17, 15) is 43.2 Å². The Labute approximate surface area is 594 Å². The first-order valence-corrected chi connectivity index (χ1v) is 43.8. The van der Waals surface area contributed by atoms with E-state index in [4.69, 9.17) is 37.0 Å². The van der Waals surface area contributed by atoms with Crippen molar-refractivity contribution in [2.75, 3.05) is 39.6 Å². The molecule has 17 nitrogen and oxygen atoms in total. The fraction of sp³-hybridized carbons (Fsp3) is 0.949. The van der Waals surface area contributed by atoms with E-state index < -0.39 is 97.5 Å². The van der Waals surface area contributed by atoms with Crippen molar-refractivity contribution in [2.24, 2.45) is 0 Å². The van der Waals surface area contributed by atoms with Crippen molar-refractivity contribution in [1.82, 2.24) is 0 Å². The SMILES string of the molecule is CCCCCCCCCCCCCCCCCCCCCCCC(=O)O[C@H](COC(=O)CCCCCCCCCCCCCCCCCC)COP(=O)(O)OC[C@@H](O)COP(=O)(O)OC[C@@H](COC(=O)CCCCCCC)OC(=O)CCCCCCCCCCCCCCCCC. The third-order valence-corrected chi connectivity index (χ3v) is 20.3. The van der Waals surface area contributed by atoms with Gasteiger partial charge in [-0.05, 0) is 25.7 Å². The molecule has 0 spiro atoms. The van der Waals surface area contributed by atoms with Gasteiger partial charge in [0.2, 0.25) is 0 Å². The Morgan fingerprint density at radius 1 is 0.247 bits per heavy atom. The number of phosphoric acid groups is 2. The molecule has 0 saturated carbocycles. The summed E-state index contributed by atoms with van der Waals surface area (Å²) >= 11 is 0. The zero-order valence-corrected chi connectivity index (χ0v) is 64.8. The molecule has 0 aliphatic heterocycles. The molecule has 97 heavy (non-hydrogen) atoms. The Kier molecular flexibility index (Phi) is 71.0. The number of aliphatic hydroxyl groups excluding tert-OH is 1. The minimum absolute atomic E-state index is 0.108. The highest BCUT2D eigenvalue weighted by atomic mass is 31.2. The van der Waals surface area contributed by atoms with Gasteiger partial charge in [0, 0.05) is 25.7 Å². The molecule has 0 aromatic rings. The van der Waals surface area contributed by atoms with Crippen LogP contribution in [0.3, 0.4) is 0 Å². The molecule has 0 saturated heterocycles. The maximum atomic E-state index is 13.1. The number of hydrogen-bond acceptors (Lipinski definition) is 15. The average molecular weight is 1420 g/mol. The topological polar surface area (TPSA) is 237 Å². The number of aliphatic hydroxyl groups is 1. The fourth-order valence-electron chi connectivity index (χ4n) is 12.1. The van der Waals surface area contributed by atoms with E-state index in [2.05, 4.69) is 27.7 Å². The zero-order chi connectivity index (χ0) is 71.1. The predicted octanol–water partition coefficient (Wildman–Crippen LogP) is 23.4. The lowest BCUT2D eigenvalue weighted by Crippen LogP contribution is -2.30. The quantitative estimate of drug-likeness (QED) is 0.0222. The molecule has 0 fully saturated rings. The predicted molar refractivity (Wildman–Crippen MR) is 395 cm³/mol. The molecule has 5 atom stereocenters. The minimum Gasteiger partial charge on any atom is -0.462 e. The van der Waals surface area contributed by atoms with E-state index in [1.165, 1.54) is 244 Å². The second-order valence-electron chi connectivity index (χ2n) is 28.1. The molecule has 2 unspecified atom stereocenters. The molecular weight excluding hydrogens is 1270 g/mol. The fourth-order valence-corrected chi connectivity index (χ4v) is 13.7. The Morgan fingerprint density at radius 3 is 0.608 bits per heavy atom. The van der Waals surface area contributed by atoms with Crippen LogP contribution in [0.1, 0.15) is 419 Å². The molecule has 0 bridgehead atoms. The van der Waals surface area contributed by atoms with Crippen LogP contribution in [0.25, 0.3) is 0 Å². The lowest BCUT2D eigenvalue weighted by Gasteiger charge is -2.21. The lowest BCUT2D eigenvalue weighted by atomic mass is 10.0. The third kappa shape index (κ3) is 72.2. The van der Waals surface area contributed by atoms with Gasteiger partial charge in [-0.3, -0.25) is 37.3 Å². The van der Waals surface area contributed by atoms with Crippen molar-refractivity contribution in [3.05, 3.63) is 0 Å². The van der Waals surface area contributed by atoms with E-state index in [0.717, 1.165) is 96.3 Å². The van der Waals surface area contributed by atoms with Crippen molar-refractivity contribution in [1.29, 1.82) is 0 Å². The number of esters is 4. The van der Waals surface area contributed by atoms with Crippen molar-refractivity contribution < 1.29 is 80.2 Å². The smallest absolute Gasteiger partial charge is 0.462 e. The van der Waals surface area contributed by atoms with Crippen LogP contribution in [0.4, 0.5) is 0 Å². The first-order valence-electron chi connectivity index (χ1n) is 40.8. The van der Waals surface area contributed by atoms with Crippen LogP contribution in [-0.2, 0) is 65.4 Å². The van der Waals surface area contributed by atoms with Gasteiger partial charge < -0.3 is 33.8 Å². The summed E-state index contributed by atoms with van der Waals surface area (Å²) in [6.07, 6.45) is 64.3. The van der Waals surface area contributed by atoms with E-state index in [1.54, 1.807) is 0 Å². The summed E-state index contributed by atoms with van der Waals surface area (Å²) in [5.41, 5.74) is 0. The Hall–Kier alpha value is -1.94. The number of ether oxygens (including phenoxy) is 4. The number of carbonyl (C=O) groups excluding carboxylic acids is 4. The van der Waals surface area contributed by atoms with Crippen molar-refractivity contribution in [3.8, 4) is 0 Å². The van der Waals surface area contributed by atoms with Crippen LogP contribution in [0.5, 0.6) is 0 Å². The summed E-state index contributed by atoms with van der Waals surface area (Å²) in [6, 6.07) is 0. The van der Waals surface area contributed by atoms with Crippen LogP contribution >= 0.6 is 15.6 Å². The van der Waals surface area contributed by atoms with Crippen molar-refractivity contribution in [2.45, 2.75) is 438 Å². The van der Waals surface area contributed by atoms with Gasteiger partial charge in [-0.2, -0.15) is 0 Å². The minimum atomic E-state index is -4.96. The number of phosphoric ester groups is 2. The molecule has 0 amide bonds. The normalized spacial score (nSPS) is 13.8. The second kappa shape index (κ2) is 72.4. The van der Waals surface area contributed by atoms with E-state index in [0.29, 0.717) is 25.7 Å². The first-order chi connectivity index (χ1) is 47.2. The summed E-state index contributed by atoms with van der Waals surface area (Å²) in [4.78, 5) is 72.6. The van der Waals surface area contributed by atoms with Gasteiger partial charge in [-0.25, -0.2) is 9.13 Å². The maximum absolute atomic E-state index is 13.1. The molecule has 0 aromatic heterocycles. The Morgan fingerprint density at radius 2 is 0.412 bits per heavy atom. The molecular formula is C78H152O17P2. The highest BCUT2D eigenvalue weighted by Gasteiger charge is 2.30. The summed E-state index contributed by atoms with van der Waals surface area (Å²) in [5, 5.41) is 10.6. The number of hydrogen-bond donors (Lipinski definition) is 3. The highest BCUT2D eigenvalue weighted by Crippen LogP contribution is 2.45. The summed E-state index contributed by atoms with van der Waals surface area (Å²) < 4.78 is 68.4. The molecule has 19 heteroatoms. The molecule has 576 valence electrons. The van der Waals surface area contributed by atoms with Crippen LogP contribution in [0, 0.1) is 0 Å². The molecule has 0 radical (unpaired) electrons. The number of carbonyl (C=O) groups is 4. The Balaban J connectivity index is 5.11. The number of rotatable bonds is 79. The molecule has 3 N–H and O–H groups in total. The van der Waals surface area contributed by atoms with Crippen LogP contribution < -0.4 is 0 Å². The van der Waals surface area contributed by atoms with Gasteiger partial charge in [0.05, 0.1) is 26.4 Å². The standard InChI is InChI=1S/C78H152O17P2/c1-5-9-13-17-20-23-26-29-32-34-35-36-37-38-41-44-47-50-53-57-61-65-78(83)95-74(69-89-76(81)63-59-55-51-48-45-42-40-33-30-27-24-21-18-14-10-6-2)71-93-97(86,87)91-67-72(79)66-90-96(84,85)92-70-73(68-88-75(80)62-58-54-16-12-8-4)94-77(82)64-60-56-52-49-46-43-39-31-28-25-22-19-15-11-7-3/h72-74,79H,5-71H2,1-4H3,(H,84,85)(H,86,87)/t72-,73+,74+/m0/s1. The largest absolute Gasteiger partial charge is 0.472 e. The first kappa shape index (κ1) is 95.1. The number of unbranched alkanes of at least 4 members (excludes halogenated alkanes) is 53. The second-order valence-corrected chi connectivity index (χ2v) is 31.0. The Bertz CT molecular complexity index is 1840. The van der Waals surface area contributed by atoms with Crippen molar-refractivity contribution in [3.63, 3.8) is 0 Å². The van der Waals surface area contributed by atoms with Crippen LogP contribution in [-0.4, -0.2) is 96.7 Å². The van der Waals surface area contributed by atoms with Gasteiger partial charge in [0.25, 0.3) is 0 Å². The van der Waals surface area contributed by atoms with E-state index >= 15 is 0 Å². The van der Waals surface area contributed by atoms with Crippen molar-refractivity contribution >= 4 is 39.5 Å². The van der Waals surface area contributed by atoms with Gasteiger partial charge in [0.1, 0.15) is 19.3 Å². The maximum Gasteiger partial charge on any atom is 0.472 e. The van der Waals surface area contributed by atoms with Crippen LogP contribution in [0.2, 0.25) is 0 Å². The molecule has 0 aromatic carbocycles. The lowest BCUT2D eigenvalue weighted by molar-refractivity contribution is -0.161. The summed E-state index contributed by atoms with van der Waals surface area (Å²) in [5.74, 6) is -2.12. The third-order valence-electron chi connectivity index (χ3n) is 18.4. The highest BCUT2D eigenvalue weighted by molar-refractivity contribution is 7.47. The monoisotopic (exact) mass is 1420 g/mol. The summed E-state index contributed by atoms with van der Waals surface area (Å²) in [7, 11) is -9.90. The van der Waals surface area contributed by atoms with Crippen LogP contribution in [0.15, 0.2) is 0 Å². The molecule has 0 heterocycles. The summed E-state index contributed by atoms with van der Waals surface area (Å²) in [6.45, 7) is 4.92. The average Bonchev–Trinajstić information content (AvgIpc) is 1.43. The molecule has 0 rings (SSSR count). The molecule has 0 aliphatic carbocycles. The van der Waals surface area contributed by atoms with E-state index in [1.807, 2.05) is 0 Å². The van der Waals surface area contributed by atoms with Gasteiger partial charge in [0.15, 0.2) is 12.2 Å². The van der Waals surface area contributed by atoms with Gasteiger partial charge in [-0.1, -0.05) is 368 Å². The van der Waals surface area contributed by atoms with E-state index in [-0.39, 0.29) is 25.7 Å². The zero-order valence-electron chi connectivity index (χ0n) is 63.1. The van der Waals surface area contributed by atoms with Gasteiger partial charge in [-0.15, -0.1) is 0 Å². The van der Waals surface area contributed by atoms with Gasteiger partial charge >= 0.3 is 39.5 Å². The molecule has 0 aliphatic rings.